The van der Waals surface area contributed by atoms with Crippen molar-refractivity contribution in [3.8, 4) is 0 Å². The summed E-state index contributed by atoms with van der Waals surface area (Å²) in [5.74, 6) is 0. The molecule has 0 aliphatic heterocycles. The van der Waals surface area contributed by atoms with Crippen LogP contribution in [0, 0.1) is 6.92 Å². The molecular formula is C4H4NO. The lowest BCUT2D eigenvalue weighted by Crippen LogP contribution is -1.56. The van der Waals surface area contributed by atoms with E-state index in [1.54, 1.807) is 0 Å². The third-order valence-electron chi connectivity index (χ3n) is 0.204. The minimum atomic E-state index is 0.241. The number of isocyanates is 1. The highest BCUT2D eigenvalue weighted by Crippen LogP contribution is 1.80. The van der Waals surface area contributed by atoms with Gasteiger partial charge in [0.25, 0.3) is 0 Å². The fraction of sp³-hybridized carbons (Fsp3) is 0. The molecule has 0 amide bonds. The Morgan fingerprint density at radius 2 is 2.33 bits per heavy atom. The third kappa shape index (κ3) is 3.12. The predicted octanol–water partition coefficient (Wildman–Crippen LogP) is 0.670. The first-order valence-electron chi connectivity index (χ1n) is 1.36. The molecular weight excluding hydrogens is 78.0 g/mol. The summed E-state index contributed by atoms with van der Waals surface area (Å²) < 4.78 is 0. The maximum absolute atomic E-state index is 9.22. The van der Waals surface area contributed by atoms with E-state index in [2.05, 4.69) is 18.5 Å². The molecule has 0 aliphatic rings. The van der Waals surface area contributed by atoms with Crippen LogP contribution in [0.2, 0.25) is 0 Å². The summed E-state index contributed by atoms with van der Waals surface area (Å²) in [5, 5.41) is 0. The van der Waals surface area contributed by atoms with Gasteiger partial charge in [-0.2, -0.15) is 4.99 Å². The number of allylic oxidation sites excluding steroid dienone is 1. The minimum absolute atomic E-state index is 0.241. The Hall–Kier alpha value is -0.880. The van der Waals surface area contributed by atoms with Crippen LogP contribution in [0.5, 0.6) is 0 Å². The van der Waals surface area contributed by atoms with Gasteiger partial charge in [0.15, 0.2) is 0 Å². The summed E-state index contributed by atoms with van der Waals surface area (Å²) in [7, 11) is 0. The van der Waals surface area contributed by atoms with Crippen molar-refractivity contribution in [1.29, 1.82) is 0 Å². The van der Waals surface area contributed by atoms with Crippen LogP contribution >= 0.6 is 0 Å². The van der Waals surface area contributed by atoms with E-state index in [1.807, 2.05) is 0 Å². The molecule has 0 aromatic carbocycles. The van der Waals surface area contributed by atoms with E-state index in [1.165, 1.54) is 6.08 Å². The van der Waals surface area contributed by atoms with Crippen LogP contribution < -0.4 is 0 Å². The summed E-state index contributed by atoms with van der Waals surface area (Å²) in [4.78, 5) is 12.2. The molecule has 2 heteroatoms. The fourth-order valence-electron chi connectivity index (χ4n) is 0.0645. The number of nitrogens with zero attached hydrogens (tertiary/aromatic N) is 1. The van der Waals surface area contributed by atoms with Gasteiger partial charge < -0.3 is 0 Å². The van der Waals surface area contributed by atoms with Gasteiger partial charge in [0.1, 0.15) is 0 Å². The van der Waals surface area contributed by atoms with Gasteiger partial charge in [-0.15, -0.1) is 0 Å². The molecule has 0 aromatic rings. The van der Waals surface area contributed by atoms with Crippen molar-refractivity contribution in [3.05, 3.63) is 19.2 Å². The second kappa shape index (κ2) is 2.36. The van der Waals surface area contributed by atoms with Crippen LogP contribution in [0.4, 0.5) is 0 Å². The average Bonchev–Trinajstić information content (AvgIpc) is 1.35. The highest BCUT2D eigenvalue weighted by atomic mass is 16.1. The molecule has 0 unspecified atom stereocenters. The van der Waals surface area contributed by atoms with Crippen LogP contribution in [-0.4, -0.2) is 6.08 Å². The fourth-order valence-corrected chi connectivity index (χ4v) is 0.0645. The summed E-state index contributed by atoms with van der Waals surface area (Å²) in [6.07, 6.45) is 1.28. The van der Waals surface area contributed by atoms with Crippen molar-refractivity contribution in [3.63, 3.8) is 0 Å². The third-order valence-corrected chi connectivity index (χ3v) is 0.204. The summed E-state index contributed by atoms with van der Waals surface area (Å²) in [5.41, 5.74) is 0.241. The molecule has 1 radical (unpaired) electrons. The van der Waals surface area contributed by atoms with E-state index in [4.69, 9.17) is 0 Å². The molecule has 0 saturated carbocycles. The van der Waals surface area contributed by atoms with E-state index in [0.717, 1.165) is 0 Å². The van der Waals surface area contributed by atoms with Gasteiger partial charge in [0, 0.05) is 5.70 Å². The number of hydrogen-bond acceptors (Lipinski definition) is 2. The van der Waals surface area contributed by atoms with Crippen LogP contribution in [0.3, 0.4) is 0 Å². The van der Waals surface area contributed by atoms with E-state index in [9.17, 15) is 4.79 Å². The molecule has 0 saturated heterocycles. The summed E-state index contributed by atoms with van der Waals surface area (Å²) in [6.45, 7) is 6.41. The topological polar surface area (TPSA) is 29.4 Å². The van der Waals surface area contributed by atoms with Crippen LogP contribution in [0.1, 0.15) is 0 Å². The average molecular weight is 82.1 g/mol. The Kier molecular flexibility index (Phi) is 2.02. The largest absolute Gasteiger partial charge is 0.240 e. The molecule has 0 fully saturated rings. The van der Waals surface area contributed by atoms with E-state index < -0.39 is 0 Å². The maximum atomic E-state index is 9.22. The second-order valence-corrected chi connectivity index (χ2v) is 0.769. The van der Waals surface area contributed by atoms with Gasteiger partial charge in [-0.3, -0.25) is 0 Å². The minimum Gasteiger partial charge on any atom is -0.211 e. The van der Waals surface area contributed by atoms with Crippen molar-refractivity contribution in [2.75, 3.05) is 0 Å². The van der Waals surface area contributed by atoms with Gasteiger partial charge >= 0.3 is 0 Å². The van der Waals surface area contributed by atoms with Crippen LogP contribution in [-0.2, 0) is 4.79 Å². The maximum Gasteiger partial charge on any atom is 0.240 e. The highest BCUT2D eigenvalue weighted by molar-refractivity contribution is 5.36. The quantitative estimate of drug-likeness (QED) is 0.337. The smallest absolute Gasteiger partial charge is 0.211 e. The molecule has 0 aliphatic carbocycles. The molecule has 2 nitrogen and oxygen atoms in total. The van der Waals surface area contributed by atoms with Gasteiger partial charge in [-0.1, -0.05) is 6.58 Å². The van der Waals surface area contributed by atoms with Gasteiger partial charge in [0.2, 0.25) is 6.08 Å². The number of aliphatic imine (C=N–C) groups is 1. The second-order valence-electron chi connectivity index (χ2n) is 0.769. The van der Waals surface area contributed by atoms with Crippen molar-refractivity contribution < 1.29 is 4.79 Å². The van der Waals surface area contributed by atoms with Gasteiger partial charge in [-0.25, -0.2) is 4.79 Å². The van der Waals surface area contributed by atoms with Crippen molar-refractivity contribution >= 4 is 6.08 Å². The molecule has 0 atom stereocenters. The Bertz CT molecular complexity index is 100. The number of hydrogen-bond donors (Lipinski definition) is 0. The molecule has 0 rings (SSSR count). The first kappa shape index (κ1) is 5.12. The standard InChI is InChI=1S/C4H4NO/c1-4(2)5-3-6/h1-2H2. The zero-order chi connectivity index (χ0) is 4.99. The van der Waals surface area contributed by atoms with Gasteiger partial charge in [-0.05, 0) is 6.92 Å². The van der Waals surface area contributed by atoms with Crippen molar-refractivity contribution in [1.82, 2.24) is 0 Å². The summed E-state index contributed by atoms with van der Waals surface area (Å²) >= 11 is 0. The molecule has 31 valence electrons. The zero-order valence-electron chi connectivity index (χ0n) is 3.27. The van der Waals surface area contributed by atoms with Crippen LogP contribution in [0.15, 0.2) is 17.3 Å². The molecule has 6 heavy (non-hydrogen) atoms. The Balaban J connectivity index is 3.60. The molecule has 0 heterocycles. The van der Waals surface area contributed by atoms with E-state index in [-0.39, 0.29) is 5.70 Å². The Morgan fingerprint density at radius 3 is 2.33 bits per heavy atom. The molecule has 0 spiro atoms. The van der Waals surface area contributed by atoms with E-state index >= 15 is 0 Å². The first-order valence-corrected chi connectivity index (χ1v) is 1.36. The summed E-state index contributed by atoms with van der Waals surface area (Å²) in [6, 6.07) is 0. The monoisotopic (exact) mass is 82.0 g/mol. The molecule has 0 bridgehead atoms. The lowest BCUT2D eigenvalue weighted by molar-refractivity contribution is 0.565. The Morgan fingerprint density at radius 1 is 1.83 bits per heavy atom. The first-order chi connectivity index (χ1) is 2.77. The highest BCUT2D eigenvalue weighted by Gasteiger charge is 1.66. The predicted molar refractivity (Wildman–Crippen MR) is 22.6 cm³/mol. The lowest BCUT2D eigenvalue weighted by atomic mass is 10.6. The normalized spacial score (nSPS) is 6.17. The van der Waals surface area contributed by atoms with Crippen molar-refractivity contribution in [2.45, 2.75) is 0 Å². The molecule has 0 aromatic heterocycles. The molecule has 0 N–H and O–H groups in total. The van der Waals surface area contributed by atoms with Crippen LogP contribution in [0.25, 0.3) is 0 Å². The number of rotatable bonds is 1. The van der Waals surface area contributed by atoms with Crippen molar-refractivity contribution in [2.24, 2.45) is 4.99 Å². The Labute approximate surface area is 36.2 Å². The zero-order valence-corrected chi connectivity index (χ0v) is 3.27. The number of carbonyl (C=O) groups excluding carboxylic acids is 1. The van der Waals surface area contributed by atoms with Gasteiger partial charge in [0.05, 0.1) is 0 Å². The lowest BCUT2D eigenvalue weighted by Gasteiger charge is -1.69. The SMILES string of the molecule is [CH2]C(=C)N=C=O. The van der Waals surface area contributed by atoms with E-state index in [0.29, 0.717) is 0 Å².